The molecule has 0 radical (unpaired) electrons. The smallest absolute Gasteiger partial charge is 0.336 e. The number of esters is 1. The van der Waals surface area contributed by atoms with Gasteiger partial charge in [-0.05, 0) is 31.9 Å². The molecule has 0 N–H and O–H groups in total. The van der Waals surface area contributed by atoms with Crippen molar-refractivity contribution in [2.45, 2.75) is 35.7 Å². The van der Waals surface area contributed by atoms with Gasteiger partial charge in [0.15, 0.2) is 15.9 Å². The largest absolute Gasteiger partial charge is 0.464 e. The van der Waals surface area contributed by atoms with Gasteiger partial charge in [-0.2, -0.15) is 16.8 Å². The lowest BCUT2D eigenvalue weighted by atomic mass is 10.2. The van der Waals surface area contributed by atoms with Crippen molar-refractivity contribution in [1.29, 1.82) is 0 Å². The summed E-state index contributed by atoms with van der Waals surface area (Å²) >= 11 is 0. The van der Waals surface area contributed by atoms with Crippen LogP contribution in [-0.2, 0) is 38.1 Å². The van der Waals surface area contributed by atoms with E-state index < -0.39 is 76.3 Å². The van der Waals surface area contributed by atoms with Crippen LogP contribution >= 0.6 is 0 Å². The first-order valence-electron chi connectivity index (χ1n) is 9.87. The Labute approximate surface area is 200 Å². The molecule has 0 aliphatic heterocycles. The predicted molar refractivity (Wildman–Crippen MR) is 117 cm³/mol. The second-order valence-corrected chi connectivity index (χ2v) is 9.78. The van der Waals surface area contributed by atoms with Crippen LogP contribution in [0.4, 0.5) is 11.4 Å². The molecule has 0 aliphatic carbocycles. The van der Waals surface area contributed by atoms with Crippen LogP contribution in [0.5, 0.6) is 0 Å². The van der Waals surface area contributed by atoms with Gasteiger partial charge in [0.25, 0.3) is 11.4 Å². The van der Waals surface area contributed by atoms with Gasteiger partial charge in [-0.1, -0.05) is 24.3 Å². The standard InChI is InChI=1S/C19H20N2O12S2/c1-2-31-19(22)16(33-35(29,30)18-12-6-4-9-15(18)21(25)26)10-7-13-32-34(27,28)17-11-5-3-8-14(17)20(23)24/h3-6,8-9,11-12,16H,2,7,10,13H2,1H3. The number of nitrogens with zero attached hydrogens (tertiary/aromatic N) is 2. The summed E-state index contributed by atoms with van der Waals surface area (Å²) in [5, 5.41) is 22.2. The number of carbonyl (C=O) groups is 1. The number of carbonyl (C=O) groups excluding carboxylic acids is 1. The maximum absolute atomic E-state index is 12.6. The van der Waals surface area contributed by atoms with E-state index in [1.54, 1.807) is 0 Å². The molecule has 2 aromatic rings. The van der Waals surface area contributed by atoms with E-state index in [1.165, 1.54) is 31.2 Å². The normalized spacial score (nSPS) is 12.6. The molecule has 1 atom stereocenters. The molecule has 1 unspecified atom stereocenters. The van der Waals surface area contributed by atoms with Crippen molar-refractivity contribution in [2.75, 3.05) is 13.2 Å². The third kappa shape index (κ3) is 7.25. The fourth-order valence-electron chi connectivity index (χ4n) is 2.78. The summed E-state index contributed by atoms with van der Waals surface area (Å²) in [6.45, 7) is 0.736. The van der Waals surface area contributed by atoms with Crippen LogP contribution in [0, 0.1) is 20.2 Å². The molecule has 0 aromatic heterocycles. The van der Waals surface area contributed by atoms with Crippen LogP contribution in [0.15, 0.2) is 58.3 Å². The topological polar surface area (TPSA) is 199 Å². The zero-order valence-corrected chi connectivity index (χ0v) is 19.8. The van der Waals surface area contributed by atoms with E-state index in [0.29, 0.717) is 0 Å². The van der Waals surface area contributed by atoms with Crippen molar-refractivity contribution in [3.8, 4) is 0 Å². The zero-order chi connectivity index (χ0) is 26.2. The Morgan fingerprint density at radius 3 is 1.86 bits per heavy atom. The lowest BCUT2D eigenvalue weighted by Crippen LogP contribution is -2.30. The zero-order valence-electron chi connectivity index (χ0n) is 18.1. The Kier molecular flexibility index (Phi) is 9.35. The summed E-state index contributed by atoms with van der Waals surface area (Å²) in [7, 11) is -9.35. The SMILES string of the molecule is CCOC(=O)C(CCCOS(=O)(=O)c1ccccc1[N+](=O)[O-])OS(=O)(=O)c1ccccc1[N+](=O)[O-]. The first kappa shape index (κ1) is 27.8. The van der Waals surface area contributed by atoms with Crippen LogP contribution < -0.4 is 0 Å². The van der Waals surface area contributed by atoms with E-state index in [2.05, 4.69) is 0 Å². The fourth-order valence-corrected chi connectivity index (χ4v) is 5.12. The number of nitro benzene ring substituents is 2. The lowest BCUT2D eigenvalue weighted by Gasteiger charge is -2.16. The average molecular weight is 533 g/mol. The maximum Gasteiger partial charge on any atom is 0.336 e. The Morgan fingerprint density at radius 2 is 1.37 bits per heavy atom. The molecule has 0 saturated heterocycles. The van der Waals surface area contributed by atoms with Crippen molar-refractivity contribution >= 4 is 37.6 Å². The number of para-hydroxylation sites is 2. The Balaban J connectivity index is 2.15. The average Bonchev–Trinajstić information content (AvgIpc) is 2.81. The minimum Gasteiger partial charge on any atom is -0.464 e. The van der Waals surface area contributed by atoms with Crippen LogP contribution in [0.3, 0.4) is 0 Å². The van der Waals surface area contributed by atoms with E-state index in [-0.39, 0.29) is 13.0 Å². The maximum atomic E-state index is 12.6. The molecule has 2 aromatic carbocycles. The van der Waals surface area contributed by atoms with E-state index in [0.717, 1.165) is 24.3 Å². The van der Waals surface area contributed by atoms with E-state index in [4.69, 9.17) is 13.1 Å². The van der Waals surface area contributed by atoms with E-state index in [1.807, 2.05) is 0 Å². The molecule has 14 nitrogen and oxygen atoms in total. The Morgan fingerprint density at radius 1 is 0.886 bits per heavy atom. The van der Waals surface area contributed by atoms with E-state index >= 15 is 0 Å². The number of hydrogen-bond acceptors (Lipinski definition) is 12. The summed E-state index contributed by atoms with van der Waals surface area (Å²) in [6, 6.07) is 8.84. The monoisotopic (exact) mass is 532 g/mol. The summed E-state index contributed by atoms with van der Waals surface area (Å²) in [4.78, 5) is 31.2. The van der Waals surface area contributed by atoms with Gasteiger partial charge in [0.1, 0.15) is 0 Å². The lowest BCUT2D eigenvalue weighted by molar-refractivity contribution is -0.388. The highest BCUT2D eigenvalue weighted by Crippen LogP contribution is 2.27. The molecule has 2 rings (SSSR count). The number of benzene rings is 2. The second kappa shape index (κ2) is 11.8. The van der Waals surface area contributed by atoms with Crippen molar-refractivity contribution < 1.29 is 44.6 Å². The van der Waals surface area contributed by atoms with Gasteiger partial charge in [0.2, 0.25) is 0 Å². The summed E-state index contributed by atoms with van der Waals surface area (Å²) in [5.74, 6) is -1.10. The summed E-state index contributed by atoms with van der Waals surface area (Å²) in [5.41, 5.74) is -1.47. The molecular weight excluding hydrogens is 512 g/mol. The van der Waals surface area contributed by atoms with Gasteiger partial charge >= 0.3 is 26.2 Å². The third-order valence-corrected chi connectivity index (χ3v) is 7.03. The number of nitro groups is 2. The van der Waals surface area contributed by atoms with Gasteiger partial charge < -0.3 is 4.74 Å². The predicted octanol–water partition coefficient (Wildman–Crippen LogP) is 2.33. The van der Waals surface area contributed by atoms with E-state index in [9.17, 15) is 41.9 Å². The molecule has 0 aliphatic rings. The first-order valence-corrected chi connectivity index (χ1v) is 12.7. The molecule has 0 bridgehead atoms. The van der Waals surface area contributed by atoms with Crippen LogP contribution in [-0.4, -0.2) is 52.0 Å². The molecule has 0 fully saturated rings. The number of ether oxygens (including phenoxy) is 1. The van der Waals surface area contributed by atoms with Gasteiger partial charge in [-0.25, -0.2) is 4.79 Å². The Bertz CT molecular complexity index is 1310. The van der Waals surface area contributed by atoms with Crippen LogP contribution in [0.2, 0.25) is 0 Å². The molecule has 0 heterocycles. The van der Waals surface area contributed by atoms with Crippen molar-refractivity contribution in [2.24, 2.45) is 0 Å². The molecule has 0 amide bonds. The minimum atomic E-state index is -4.80. The number of hydrogen-bond donors (Lipinski definition) is 0. The van der Waals surface area contributed by atoms with Crippen LogP contribution in [0.25, 0.3) is 0 Å². The Hall–Kier alpha value is -3.47. The van der Waals surface area contributed by atoms with Crippen molar-refractivity contribution in [3.63, 3.8) is 0 Å². The highest BCUT2D eigenvalue weighted by Gasteiger charge is 2.33. The molecular formula is C19H20N2O12S2. The highest BCUT2D eigenvalue weighted by atomic mass is 32.2. The fraction of sp³-hybridized carbons (Fsp3) is 0.316. The molecule has 16 heteroatoms. The first-order chi connectivity index (χ1) is 16.4. The van der Waals surface area contributed by atoms with Gasteiger partial charge in [-0.15, -0.1) is 0 Å². The summed E-state index contributed by atoms with van der Waals surface area (Å²) < 4.78 is 64.4. The minimum absolute atomic E-state index is 0.132. The molecule has 0 spiro atoms. The van der Waals surface area contributed by atoms with Gasteiger partial charge in [0, 0.05) is 12.1 Å². The van der Waals surface area contributed by atoms with Gasteiger partial charge in [-0.3, -0.25) is 28.6 Å². The third-order valence-electron chi connectivity index (χ3n) is 4.30. The molecule has 190 valence electrons. The molecule has 35 heavy (non-hydrogen) atoms. The highest BCUT2D eigenvalue weighted by molar-refractivity contribution is 7.87. The summed E-state index contributed by atoms with van der Waals surface area (Å²) in [6.07, 6.45) is -2.43. The second-order valence-electron chi connectivity index (χ2n) is 6.66. The quantitative estimate of drug-likeness (QED) is 0.120. The van der Waals surface area contributed by atoms with Crippen molar-refractivity contribution in [1.82, 2.24) is 0 Å². The van der Waals surface area contributed by atoms with Gasteiger partial charge in [0.05, 0.1) is 23.1 Å². The molecule has 0 saturated carbocycles. The van der Waals surface area contributed by atoms with Crippen molar-refractivity contribution in [3.05, 3.63) is 68.8 Å². The van der Waals surface area contributed by atoms with Crippen LogP contribution in [0.1, 0.15) is 19.8 Å². The number of rotatable bonds is 13.